The number of halogens is 1. The molecule has 0 saturated carbocycles. The van der Waals surface area contributed by atoms with Gasteiger partial charge in [-0.05, 0) is 67.3 Å². The third kappa shape index (κ3) is 9.50. The lowest BCUT2D eigenvalue weighted by atomic mass is 10.1. The van der Waals surface area contributed by atoms with E-state index in [1.165, 1.54) is 4.90 Å². The van der Waals surface area contributed by atoms with Crippen molar-refractivity contribution in [2.24, 2.45) is 0 Å². The summed E-state index contributed by atoms with van der Waals surface area (Å²) in [5.74, 6) is -0.217. The predicted octanol–water partition coefficient (Wildman–Crippen LogP) is 5.41. The van der Waals surface area contributed by atoms with Gasteiger partial charge in [-0.3, -0.25) is 13.9 Å². The highest BCUT2D eigenvalue weighted by Gasteiger charge is 2.32. The van der Waals surface area contributed by atoms with E-state index in [4.69, 9.17) is 16.3 Å². The van der Waals surface area contributed by atoms with Crippen molar-refractivity contribution in [2.45, 2.75) is 58.8 Å². The van der Waals surface area contributed by atoms with Crippen molar-refractivity contribution in [1.82, 2.24) is 10.2 Å². The first kappa shape index (κ1) is 32.0. The Balaban J connectivity index is 1.85. The van der Waals surface area contributed by atoms with Crippen LogP contribution < -0.4 is 14.4 Å². The number of hydrogen-bond acceptors (Lipinski definition) is 5. The number of nitrogens with zero attached hydrogens (tertiary/aromatic N) is 2. The van der Waals surface area contributed by atoms with Crippen molar-refractivity contribution >= 4 is 39.1 Å². The fourth-order valence-corrected chi connectivity index (χ4v) is 5.19. The highest BCUT2D eigenvalue weighted by atomic mass is 35.5. The van der Waals surface area contributed by atoms with E-state index >= 15 is 0 Å². The zero-order valence-electron chi connectivity index (χ0n) is 23.9. The number of benzene rings is 3. The van der Waals surface area contributed by atoms with E-state index in [0.29, 0.717) is 29.5 Å². The van der Waals surface area contributed by atoms with E-state index in [1.807, 2.05) is 51.1 Å². The molecule has 0 fully saturated rings. The molecule has 8 nitrogen and oxygen atoms in total. The maximum Gasteiger partial charge on any atom is 0.244 e. The average molecular weight is 600 g/mol. The van der Waals surface area contributed by atoms with E-state index in [0.717, 1.165) is 28.1 Å². The summed E-state index contributed by atoms with van der Waals surface area (Å²) in [7, 11) is -3.84. The van der Waals surface area contributed by atoms with Gasteiger partial charge in [-0.15, -0.1) is 0 Å². The van der Waals surface area contributed by atoms with Gasteiger partial charge in [0.2, 0.25) is 21.8 Å². The minimum Gasteiger partial charge on any atom is -0.489 e. The Morgan fingerprint density at radius 2 is 1.54 bits per heavy atom. The van der Waals surface area contributed by atoms with E-state index in [-0.39, 0.29) is 18.5 Å². The van der Waals surface area contributed by atoms with E-state index in [2.05, 4.69) is 5.32 Å². The fraction of sp³-hybridized carbons (Fsp3) is 0.355. The van der Waals surface area contributed by atoms with Gasteiger partial charge in [0.05, 0.1) is 11.9 Å². The number of sulfonamides is 1. The van der Waals surface area contributed by atoms with Crippen LogP contribution >= 0.6 is 11.6 Å². The monoisotopic (exact) mass is 599 g/mol. The highest BCUT2D eigenvalue weighted by Crippen LogP contribution is 2.24. The lowest BCUT2D eigenvalue weighted by Gasteiger charge is -2.33. The molecule has 0 unspecified atom stereocenters. The van der Waals surface area contributed by atoms with Crippen molar-refractivity contribution in [2.75, 3.05) is 17.1 Å². The van der Waals surface area contributed by atoms with Crippen LogP contribution in [-0.4, -0.2) is 50.0 Å². The van der Waals surface area contributed by atoms with Crippen LogP contribution in [0.4, 0.5) is 5.69 Å². The third-order valence-corrected chi connectivity index (χ3v) is 8.10. The summed E-state index contributed by atoms with van der Waals surface area (Å²) in [5.41, 5.74) is 2.09. The molecule has 0 aliphatic rings. The minimum atomic E-state index is -3.84. The minimum absolute atomic E-state index is 0.0702. The van der Waals surface area contributed by atoms with Gasteiger partial charge in [0.1, 0.15) is 24.9 Å². The Morgan fingerprint density at radius 3 is 2.10 bits per heavy atom. The van der Waals surface area contributed by atoms with E-state index in [9.17, 15) is 18.0 Å². The number of ether oxygens (including phenoxy) is 1. The first-order valence-electron chi connectivity index (χ1n) is 13.6. The number of carbonyl (C=O) groups is 2. The topological polar surface area (TPSA) is 96.0 Å². The maximum atomic E-state index is 13.8. The molecule has 0 bridgehead atoms. The number of carbonyl (C=O) groups excluding carboxylic acids is 2. The van der Waals surface area contributed by atoms with Gasteiger partial charge < -0.3 is 15.0 Å². The lowest BCUT2D eigenvalue weighted by molar-refractivity contribution is -0.140. The van der Waals surface area contributed by atoms with Crippen molar-refractivity contribution in [1.29, 1.82) is 0 Å². The number of amides is 2. The first-order chi connectivity index (χ1) is 19.5. The largest absolute Gasteiger partial charge is 0.489 e. The Kier molecular flexibility index (Phi) is 11.6. The average Bonchev–Trinajstić information content (AvgIpc) is 2.95. The van der Waals surface area contributed by atoms with Gasteiger partial charge in [-0.2, -0.15) is 0 Å². The second-order valence-electron chi connectivity index (χ2n) is 9.93. The summed E-state index contributed by atoms with van der Waals surface area (Å²) in [5, 5.41) is 3.51. The van der Waals surface area contributed by atoms with Crippen molar-refractivity contribution in [3.63, 3.8) is 0 Å². The van der Waals surface area contributed by atoms with Gasteiger partial charge >= 0.3 is 0 Å². The van der Waals surface area contributed by atoms with Crippen LogP contribution in [0.25, 0.3) is 0 Å². The lowest BCUT2D eigenvalue weighted by Crippen LogP contribution is -2.53. The predicted molar refractivity (Wildman–Crippen MR) is 163 cm³/mol. The molecule has 3 aromatic carbocycles. The SMILES string of the molecule is CC[C@H](C(=O)N[C@@H](C)CC)N(Cc1ccc(Cl)cc1)C(=O)CN(c1ccc(OCc2ccccc2)cc1)S(C)(=O)=O. The Hall–Kier alpha value is -3.56. The number of hydrogen-bond donors (Lipinski definition) is 1. The van der Waals surface area contributed by atoms with Crippen molar-refractivity contribution < 1.29 is 22.7 Å². The number of anilines is 1. The normalized spacial score (nSPS) is 12.7. The molecule has 0 heterocycles. The first-order valence-corrected chi connectivity index (χ1v) is 15.8. The van der Waals surface area contributed by atoms with Crippen LogP contribution in [-0.2, 0) is 32.8 Å². The summed E-state index contributed by atoms with van der Waals surface area (Å²) in [6.07, 6.45) is 2.14. The Morgan fingerprint density at radius 1 is 0.902 bits per heavy atom. The zero-order valence-corrected chi connectivity index (χ0v) is 25.5. The molecule has 0 aliphatic heterocycles. The molecule has 220 valence electrons. The molecule has 3 rings (SSSR count). The van der Waals surface area contributed by atoms with E-state index < -0.39 is 28.5 Å². The van der Waals surface area contributed by atoms with Gasteiger partial charge in [-0.1, -0.05) is 67.9 Å². The fourth-order valence-electron chi connectivity index (χ4n) is 4.21. The molecule has 2 atom stereocenters. The highest BCUT2D eigenvalue weighted by molar-refractivity contribution is 7.92. The van der Waals surface area contributed by atoms with Crippen molar-refractivity contribution in [3.05, 3.63) is 95.0 Å². The molecule has 0 radical (unpaired) electrons. The summed E-state index contributed by atoms with van der Waals surface area (Å²) in [4.78, 5) is 28.5. The number of nitrogens with one attached hydrogen (secondary N) is 1. The molecular weight excluding hydrogens is 562 g/mol. The molecule has 0 aliphatic carbocycles. The van der Waals surface area contributed by atoms with Crippen LogP contribution in [0, 0.1) is 0 Å². The molecule has 41 heavy (non-hydrogen) atoms. The zero-order chi connectivity index (χ0) is 30.0. The number of rotatable bonds is 14. The van der Waals surface area contributed by atoms with Gasteiger partial charge in [0.25, 0.3) is 0 Å². The smallest absolute Gasteiger partial charge is 0.244 e. The third-order valence-electron chi connectivity index (χ3n) is 6.71. The van der Waals surface area contributed by atoms with Crippen LogP contribution in [0.3, 0.4) is 0 Å². The van der Waals surface area contributed by atoms with Crippen LogP contribution in [0.5, 0.6) is 5.75 Å². The molecule has 10 heteroatoms. The maximum absolute atomic E-state index is 13.8. The Bertz CT molecular complexity index is 1380. The summed E-state index contributed by atoms with van der Waals surface area (Å²) in [6, 6.07) is 22.4. The van der Waals surface area contributed by atoms with Gasteiger partial charge in [-0.25, -0.2) is 8.42 Å². The van der Waals surface area contributed by atoms with Gasteiger partial charge in [0, 0.05) is 17.6 Å². The van der Waals surface area contributed by atoms with E-state index in [1.54, 1.807) is 48.5 Å². The molecule has 3 aromatic rings. The van der Waals surface area contributed by atoms with Crippen LogP contribution in [0.15, 0.2) is 78.9 Å². The molecular formula is C31H38ClN3O5S. The van der Waals surface area contributed by atoms with Crippen LogP contribution in [0.2, 0.25) is 5.02 Å². The Labute approximate surface area is 248 Å². The van der Waals surface area contributed by atoms with Crippen molar-refractivity contribution in [3.8, 4) is 5.75 Å². The molecule has 0 saturated heterocycles. The summed E-state index contributed by atoms with van der Waals surface area (Å²) < 4.78 is 32.6. The summed E-state index contributed by atoms with van der Waals surface area (Å²) in [6.45, 7) is 5.70. The standard InChI is InChI=1S/C31H38ClN3O5S/c1-5-23(3)33-31(37)29(6-2)34(20-24-12-14-26(32)15-13-24)30(36)21-35(41(4,38)39)27-16-18-28(19-17-27)40-22-25-10-8-7-9-11-25/h7-19,23,29H,5-6,20-22H2,1-4H3,(H,33,37)/t23-,29+/m0/s1. The second-order valence-corrected chi connectivity index (χ2v) is 12.3. The molecule has 0 spiro atoms. The summed E-state index contributed by atoms with van der Waals surface area (Å²) >= 11 is 6.05. The van der Waals surface area contributed by atoms with Gasteiger partial charge in [0.15, 0.2) is 0 Å². The van der Waals surface area contributed by atoms with Crippen LogP contribution in [0.1, 0.15) is 44.7 Å². The molecule has 0 aromatic heterocycles. The quantitative estimate of drug-likeness (QED) is 0.267. The molecule has 1 N–H and O–H groups in total. The second kappa shape index (κ2) is 14.9. The molecule has 2 amide bonds.